The number of fused-ring (bicyclic) bond motifs is 2. The number of hydrogen-bond donors (Lipinski definition) is 3. The fourth-order valence-electron chi connectivity index (χ4n) is 4.67. The molecule has 1 aliphatic rings. The molecule has 39 heavy (non-hydrogen) atoms. The highest BCUT2D eigenvalue weighted by atomic mass is 16.2. The van der Waals surface area contributed by atoms with Gasteiger partial charge in [-0.2, -0.15) is 4.98 Å². The molecule has 4 heterocycles. The maximum atomic E-state index is 13.5. The van der Waals surface area contributed by atoms with Crippen LogP contribution in [0.25, 0.3) is 11.0 Å². The van der Waals surface area contributed by atoms with Crippen molar-refractivity contribution in [1.29, 1.82) is 0 Å². The Balaban J connectivity index is 1.26. The molecule has 196 valence electrons. The van der Waals surface area contributed by atoms with E-state index in [1.165, 1.54) is 11.1 Å². The molecule has 1 aliphatic heterocycles. The van der Waals surface area contributed by atoms with Crippen LogP contribution in [0.5, 0.6) is 0 Å². The Morgan fingerprint density at radius 2 is 1.64 bits per heavy atom. The van der Waals surface area contributed by atoms with Crippen LogP contribution in [-0.4, -0.2) is 38.0 Å². The zero-order valence-electron chi connectivity index (χ0n) is 22.5. The van der Waals surface area contributed by atoms with Gasteiger partial charge in [-0.1, -0.05) is 6.07 Å². The van der Waals surface area contributed by atoms with Crippen LogP contribution >= 0.6 is 0 Å². The molecule has 10 heteroatoms. The SMILES string of the molecule is Cc1ccc(Nc2ncc3c(n2)N(C)C(=O)N(c2cc(Nc4nc5cc(C)c(C)cc5[nH]4)ccc2C)C3)cn1. The first-order valence-corrected chi connectivity index (χ1v) is 12.7. The molecule has 0 saturated carbocycles. The van der Waals surface area contributed by atoms with Gasteiger partial charge in [-0.3, -0.25) is 14.8 Å². The zero-order chi connectivity index (χ0) is 27.3. The first-order chi connectivity index (χ1) is 18.7. The van der Waals surface area contributed by atoms with Crippen LogP contribution in [0.1, 0.15) is 27.9 Å². The fourth-order valence-corrected chi connectivity index (χ4v) is 4.67. The Morgan fingerprint density at radius 3 is 2.44 bits per heavy atom. The third-order valence-electron chi connectivity index (χ3n) is 7.03. The van der Waals surface area contributed by atoms with Gasteiger partial charge in [0.1, 0.15) is 5.82 Å². The monoisotopic (exact) mass is 519 g/mol. The molecule has 10 nitrogen and oxygen atoms in total. The van der Waals surface area contributed by atoms with Crippen molar-refractivity contribution < 1.29 is 4.79 Å². The van der Waals surface area contributed by atoms with Gasteiger partial charge in [-0.15, -0.1) is 0 Å². The lowest BCUT2D eigenvalue weighted by atomic mass is 10.1. The number of anilines is 6. The van der Waals surface area contributed by atoms with Crippen molar-refractivity contribution in [2.24, 2.45) is 0 Å². The number of imidazole rings is 1. The summed E-state index contributed by atoms with van der Waals surface area (Å²) in [6.07, 6.45) is 3.49. The molecule has 5 aromatic rings. The number of aryl methyl sites for hydroxylation is 4. The first-order valence-electron chi connectivity index (χ1n) is 12.7. The number of pyridine rings is 1. The minimum Gasteiger partial charge on any atom is -0.326 e. The average molecular weight is 520 g/mol. The van der Waals surface area contributed by atoms with E-state index in [1.54, 1.807) is 29.2 Å². The van der Waals surface area contributed by atoms with Crippen molar-refractivity contribution >= 4 is 51.8 Å². The van der Waals surface area contributed by atoms with Crippen LogP contribution in [0.2, 0.25) is 0 Å². The van der Waals surface area contributed by atoms with Gasteiger partial charge in [0.2, 0.25) is 11.9 Å². The molecule has 0 radical (unpaired) electrons. The number of carbonyl (C=O) groups is 1. The Labute approximate surface area is 226 Å². The topological polar surface area (TPSA) is 115 Å². The molecule has 3 aromatic heterocycles. The van der Waals surface area contributed by atoms with Crippen LogP contribution in [0.15, 0.2) is 54.9 Å². The summed E-state index contributed by atoms with van der Waals surface area (Å²) in [5, 5.41) is 6.52. The average Bonchev–Trinajstić information content (AvgIpc) is 3.30. The highest BCUT2D eigenvalue weighted by Crippen LogP contribution is 2.34. The fraction of sp³-hybridized carbons (Fsp3) is 0.207. The van der Waals surface area contributed by atoms with E-state index in [1.807, 2.05) is 44.2 Å². The number of carbonyl (C=O) groups excluding carboxylic acids is 1. The van der Waals surface area contributed by atoms with E-state index in [0.29, 0.717) is 24.3 Å². The number of hydrogen-bond acceptors (Lipinski definition) is 7. The van der Waals surface area contributed by atoms with Gasteiger partial charge >= 0.3 is 6.03 Å². The number of aromatic nitrogens is 5. The summed E-state index contributed by atoms with van der Waals surface area (Å²) < 4.78 is 0. The number of benzene rings is 2. The van der Waals surface area contributed by atoms with E-state index < -0.39 is 0 Å². The second kappa shape index (κ2) is 9.39. The molecule has 0 atom stereocenters. The minimum absolute atomic E-state index is 0.168. The van der Waals surface area contributed by atoms with Gasteiger partial charge in [-0.05, 0) is 80.8 Å². The lowest BCUT2D eigenvalue weighted by Gasteiger charge is -2.35. The molecule has 2 amide bonds. The number of rotatable bonds is 5. The molecular weight excluding hydrogens is 490 g/mol. The van der Waals surface area contributed by atoms with Crippen LogP contribution in [-0.2, 0) is 6.54 Å². The van der Waals surface area contributed by atoms with Crippen molar-refractivity contribution in [2.45, 2.75) is 34.2 Å². The predicted octanol–water partition coefficient (Wildman–Crippen LogP) is 6.05. The number of amides is 2. The third-order valence-corrected chi connectivity index (χ3v) is 7.03. The molecule has 0 bridgehead atoms. The van der Waals surface area contributed by atoms with Crippen molar-refractivity contribution in [1.82, 2.24) is 24.9 Å². The molecule has 0 fully saturated rings. The Morgan fingerprint density at radius 1 is 0.846 bits per heavy atom. The molecular formula is C29H29N9O. The van der Waals surface area contributed by atoms with Crippen molar-refractivity contribution in [2.75, 3.05) is 27.5 Å². The smallest absolute Gasteiger partial charge is 0.326 e. The summed E-state index contributed by atoms with van der Waals surface area (Å²) in [6, 6.07) is 13.8. The van der Waals surface area contributed by atoms with Gasteiger partial charge in [0.15, 0.2) is 0 Å². The van der Waals surface area contributed by atoms with Gasteiger partial charge in [0.25, 0.3) is 0 Å². The van der Waals surface area contributed by atoms with Crippen LogP contribution in [0, 0.1) is 27.7 Å². The largest absolute Gasteiger partial charge is 0.330 e. The van der Waals surface area contributed by atoms with Crippen molar-refractivity contribution in [3.05, 3.63) is 82.8 Å². The van der Waals surface area contributed by atoms with Crippen molar-refractivity contribution in [3.8, 4) is 0 Å². The van der Waals surface area contributed by atoms with E-state index >= 15 is 0 Å². The van der Waals surface area contributed by atoms with Crippen LogP contribution in [0.4, 0.5) is 39.6 Å². The van der Waals surface area contributed by atoms with E-state index in [0.717, 1.165) is 44.9 Å². The maximum Gasteiger partial charge on any atom is 0.330 e. The number of aromatic amines is 1. The second-order valence-electron chi connectivity index (χ2n) is 9.95. The maximum absolute atomic E-state index is 13.5. The van der Waals surface area contributed by atoms with Gasteiger partial charge in [-0.25, -0.2) is 14.8 Å². The number of urea groups is 1. The summed E-state index contributed by atoms with van der Waals surface area (Å²) in [5.74, 6) is 1.63. The van der Waals surface area contributed by atoms with Gasteiger partial charge < -0.3 is 15.6 Å². The number of nitrogens with zero attached hydrogens (tertiary/aromatic N) is 6. The van der Waals surface area contributed by atoms with E-state index in [9.17, 15) is 4.79 Å². The van der Waals surface area contributed by atoms with E-state index in [4.69, 9.17) is 4.98 Å². The molecule has 3 N–H and O–H groups in total. The molecule has 2 aromatic carbocycles. The van der Waals surface area contributed by atoms with Crippen LogP contribution < -0.4 is 20.4 Å². The Hall–Kier alpha value is -4.99. The quantitative estimate of drug-likeness (QED) is 0.259. The summed E-state index contributed by atoms with van der Waals surface area (Å²) in [4.78, 5) is 38.3. The van der Waals surface area contributed by atoms with E-state index in [-0.39, 0.29) is 6.03 Å². The second-order valence-corrected chi connectivity index (χ2v) is 9.95. The Kier molecular flexibility index (Phi) is 5.86. The number of H-pyrrole nitrogens is 1. The summed E-state index contributed by atoms with van der Waals surface area (Å²) >= 11 is 0. The minimum atomic E-state index is -0.168. The summed E-state index contributed by atoms with van der Waals surface area (Å²) in [5.41, 5.74) is 9.46. The van der Waals surface area contributed by atoms with Gasteiger partial charge in [0.05, 0.1) is 35.1 Å². The molecule has 0 spiro atoms. The van der Waals surface area contributed by atoms with Gasteiger partial charge in [0, 0.05) is 30.2 Å². The zero-order valence-corrected chi connectivity index (χ0v) is 22.5. The molecule has 0 saturated heterocycles. The van der Waals surface area contributed by atoms with Crippen LogP contribution in [0.3, 0.4) is 0 Å². The van der Waals surface area contributed by atoms with Crippen molar-refractivity contribution in [3.63, 3.8) is 0 Å². The van der Waals surface area contributed by atoms with E-state index in [2.05, 4.69) is 56.5 Å². The standard InChI is InChI=1S/C29H29N9O/c1-16-6-8-21(32-28-34-23-10-17(2)18(3)11-24(23)35-28)12-25(16)38-15-20-13-31-27(36-26(20)37(5)29(38)39)33-22-9-7-19(4)30-14-22/h6-14H,15H2,1-5H3,(H,31,33,36)(H2,32,34,35). The molecule has 0 aliphatic carbocycles. The highest BCUT2D eigenvalue weighted by molar-refractivity contribution is 6.05. The summed E-state index contributed by atoms with van der Waals surface area (Å²) in [6.45, 7) is 8.45. The number of nitrogens with one attached hydrogen (secondary N) is 3. The normalized spacial score (nSPS) is 13.1. The molecule has 0 unspecified atom stereocenters. The Bertz CT molecular complexity index is 1690. The lowest BCUT2D eigenvalue weighted by molar-refractivity contribution is 0.251. The highest BCUT2D eigenvalue weighted by Gasteiger charge is 2.31. The molecule has 6 rings (SSSR count). The predicted molar refractivity (Wildman–Crippen MR) is 154 cm³/mol. The summed E-state index contributed by atoms with van der Waals surface area (Å²) in [7, 11) is 1.73. The first kappa shape index (κ1) is 24.4. The lowest BCUT2D eigenvalue weighted by Crippen LogP contribution is -2.46. The third kappa shape index (κ3) is 4.61.